The van der Waals surface area contributed by atoms with Gasteiger partial charge in [-0.2, -0.15) is 0 Å². The highest BCUT2D eigenvalue weighted by molar-refractivity contribution is 8.04. The van der Waals surface area contributed by atoms with E-state index in [-0.39, 0.29) is 13.0 Å². The maximum Gasteiger partial charge on any atom is 0.259 e. The Morgan fingerprint density at radius 1 is 0.596 bits per heavy atom. The number of rotatable bonds is 11. The number of fused-ring (bicyclic) bond motifs is 1. The fourth-order valence-corrected chi connectivity index (χ4v) is 10.8. The van der Waals surface area contributed by atoms with E-state index >= 15 is 0 Å². The van der Waals surface area contributed by atoms with Crippen LogP contribution in [0.1, 0.15) is 67.2 Å². The fraction of sp³-hybridized carbons (Fsp3) is 0.310. The molecule has 2 saturated heterocycles. The molecule has 300 valence electrons. The van der Waals surface area contributed by atoms with Crippen LogP contribution in [0.25, 0.3) is 11.1 Å². The van der Waals surface area contributed by atoms with Gasteiger partial charge < -0.3 is 9.80 Å². The molecule has 0 radical (unpaired) electrons. The van der Waals surface area contributed by atoms with Crippen molar-refractivity contribution in [2.24, 2.45) is 4.99 Å². The number of anilines is 2. The van der Waals surface area contributed by atoms with Crippen LogP contribution in [0, 0.1) is 29.1 Å². The largest absolute Gasteiger partial charge is 0.372 e. The van der Waals surface area contributed by atoms with Crippen molar-refractivity contribution in [2.45, 2.75) is 49.8 Å². The maximum atomic E-state index is 14.2. The number of sulfonamides is 2. The van der Waals surface area contributed by atoms with Crippen molar-refractivity contribution in [3.8, 4) is 0 Å². The van der Waals surface area contributed by atoms with E-state index in [9.17, 15) is 38.8 Å². The first-order valence-corrected chi connectivity index (χ1v) is 22.0. The third-order valence-electron chi connectivity index (χ3n) is 10.5. The molecular weight excluding hydrogens is 784 g/mol. The number of hydrogen-bond donors (Lipinski definition) is 1. The summed E-state index contributed by atoms with van der Waals surface area (Å²) in [7, 11) is -10.5. The molecule has 2 aliphatic heterocycles. The third kappa shape index (κ3) is 8.70. The zero-order chi connectivity index (χ0) is 40.3. The molecule has 2 fully saturated rings. The first-order chi connectivity index (χ1) is 27.3. The Kier molecular flexibility index (Phi) is 12.0. The zero-order valence-corrected chi connectivity index (χ0v) is 32.6. The smallest absolute Gasteiger partial charge is 0.259 e. The quantitative estimate of drug-likeness (QED) is 0.0707. The monoisotopic (exact) mass is 824 g/mol. The van der Waals surface area contributed by atoms with Crippen molar-refractivity contribution in [1.82, 2.24) is 4.13 Å². The fourth-order valence-electron chi connectivity index (χ4n) is 7.62. The van der Waals surface area contributed by atoms with E-state index in [2.05, 4.69) is 63.3 Å². The molecule has 0 spiro atoms. The molecule has 4 aromatic carbocycles. The molecule has 0 amide bonds. The van der Waals surface area contributed by atoms with Crippen LogP contribution in [0.4, 0.5) is 33.3 Å². The molecule has 4 aromatic rings. The second kappa shape index (κ2) is 16.9. The first-order valence-electron chi connectivity index (χ1n) is 18.9. The van der Waals surface area contributed by atoms with Gasteiger partial charge in [-0.3, -0.25) is 4.99 Å². The van der Waals surface area contributed by atoms with Gasteiger partial charge in [0.1, 0.15) is 0 Å². The number of piperidine rings is 2. The molecule has 8 nitrogen and oxygen atoms in total. The summed E-state index contributed by atoms with van der Waals surface area (Å²) in [5.41, 5.74) is 8.67. The van der Waals surface area contributed by atoms with Crippen molar-refractivity contribution < 1.29 is 38.8 Å². The summed E-state index contributed by atoms with van der Waals surface area (Å²) in [5, 5.41) is 0. The molecular formula is C42H41F5N4O4S2. The van der Waals surface area contributed by atoms with Crippen LogP contribution in [0.15, 0.2) is 94.8 Å². The minimum Gasteiger partial charge on any atom is -0.372 e. The lowest BCUT2D eigenvalue weighted by Gasteiger charge is -2.29. The van der Waals surface area contributed by atoms with Crippen LogP contribution >= 0.6 is 0 Å². The predicted molar refractivity (Wildman–Crippen MR) is 213 cm³/mol. The van der Waals surface area contributed by atoms with Crippen molar-refractivity contribution in [2.75, 3.05) is 48.3 Å². The molecule has 0 aromatic heterocycles. The van der Waals surface area contributed by atoms with Crippen molar-refractivity contribution >= 4 is 48.3 Å². The van der Waals surface area contributed by atoms with Crippen LogP contribution in [0.2, 0.25) is 0 Å². The van der Waals surface area contributed by atoms with E-state index in [0.29, 0.717) is 5.71 Å². The highest BCUT2D eigenvalue weighted by Crippen LogP contribution is 2.39. The van der Waals surface area contributed by atoms with Gasteiger partial charge in [0.25, 0.3) is 10.0 Å². The Morgan fingerprint density at radius 2 is 1.07 bits per heavy atom. The lowest BCUT2D eigenvalue weighted by atomic mass is 9.83. The first kappa shape index (κ1) is 40.3. The Hall–Kier alpha value is -4.86. The van der Waals surface area contributed by atoms with Gasteiger partial charge in [-0.05, 0) is 103 Å². The minimum absolute atomic E-state index is 0.0979. The van der Waals surface area contributed by atoms with E-state index < -0.39 is 59.8 Å². The summed E-state index contributed by atoms with van der Waals surface area (Å²) < 4.78 is 121. The van der Waals surface area contributed by atoms with Gasteiger partial charge in [0, 0.05) is 49.7 Å². The number of nitrogens with zero attached hydrogens (tertiary/aromatic N) is 3. The topological polar surface area (TPSA) is 99.2 Å². The van der Waals surface area contributed by atoms with E-state index in [0.717, 1.165) is 63.7 Å². The standard InChI is InChI=1S/C42H41F5N4O4S2/c43-37-38(44)40(46)42(41(47)39(37)45)57(54,55)49-56(52,53)27-9-22-48-35-21-20-34(32-10-3-4-11-33(32)35)36(28-12-16-30(17-13-28)50-23-5-1-6-24-50)29-14-18-31(19-15-29)51-25-7-2-8-26-51/h3-4,10-21,49H,1-2,5-9,22-27H2. The number of benzene rings is 4. The number of hydrogen-bond acceptors (Lipinski definition) is 7. The highest BCUT2D eigenvalue weighted by atomic mass is 32.3. The number of allylic oxidation sites excluding steroid dienone is 3. The molecule has 1 aliphatic carbocycles. The number of halogens is 5. The summed E-state index contributed by atoms with van der Waals surface area (Å²) in [6.07, 6.45) is 10.7. The van der Waals surface area contributed by atoms with E-state index in [4.69, 9.17) is 0 Å². The highest BCUT2D eigenvalue weighted by Gasteiger charge is 2.36. The van der Waals surface area contributed by atoms with Gasteiger partial charge in [-0.1, -0.05) is 54.6 Å². The molecule has 0 unspecified atom stereocenters. The second-order valence-electron chi connectivity index (χ2n) is 14.3. The third-order valence-corrected chi connectivity index (χ3v) is 14.1. The van der Waals surface area contributed by atoms with Crippen molar-refractivity contribution in [1.29, 1.82) is 0 Å². The summed E-state index contributed by atoms with van der Waals surface area (Å²) in [5.74, 6) is -13.9. The zero-order valence-electron chi connectivity index (χ0n) is 31.0. The van der Waals surface area contributed by atoms with Gasteiger partial charge in [-0.25, -0.2) is 38.8 Å². The van der Waals surface area contributed by atoms with Gasteiger partial charge in [0.2, 0.25) is 15.8 Å². The van der Waals surface area contributed by atoms with E-state index in [1.165, 1.54) is 49.9 Å². The van der Waals surface area contributed by atoms with Crippen molar-refractivity contribution in [3.63, 3.8) is 0 Å². The van der Waals surface area contributed by atoms with Crippen LogP contribution in [-0.4, -0.2) is 61.0 Å². The summed E-state index contributed by atoms with van der Waals surface area (Å²) in [4.78, 5) is 7.15. The van der Waals surface area contributed by atoms with Crippen LogP contribution in [0.3, 0.4) is 0 Å². The van der Waals surface area contributed by atoms with Crippen LogP contribution < -0.4 is 13.9 Å². The van der Waals surface area contributed by atoms with Crippen molar-refractivity contribution in [3.05, 3.63) is 136 Å². The molecule has 57 heavy (non-hydrogen) atoms. The predicted octanol–water partition coefficient (Wildman–Crippen LogP) is 8.38. The second-order valence-corrected chi connectivity index (χ2v) is 18.0. The maximum absolute atomic E-state index is 14.2. The van der Waals surface area contributed by atoms with Gasteiger partial charge in [0.15, 0.2) is 28.2 Å². The Balaban J connectivity index is 1.15. The minimum atomic E-state index is -5.71. The Labute approximate surface area is 329 Å². The van der Waals surface area contributed by atoms with Gasteiger partial charge >= 0.3 is 0 Å². The Bertz CT molecular complexity index is 2370. The number of aliphatic imine (C=N–C) groups is 1. The molecule has 1 N–H and O–H groups in total. The summed E-state index contributed by atoms with van der Waals surface area (Å²) in [6.45, 7) is 4.03. The molecule has 0 atom stereocenters. The van der Waals surface area contributed by atoms with Gasteiger partial charge in [0.05, 0.1) is 11.5 Å². The normalized spacial score (nSPS) is 16.9. The Morgan fingerprint density at radius 3 is 1.58 bits per heavy atom. The molecule has 7 rings (SSSR count). The molecule has 3 aliphatic rings. The van der Waals surface area contributed by atoms with Crippen LogP contribution in [0.5, 0.6) is 0 Å². The van der Waals surface area contributed by atoms with Crippen LogP contribution in [-0.2, 0) is 20.0 Å². The van der Waals surface area contributed by atoms with E-state index in [1.807, 2.05) is 36.4 Å². The molecule has 0 bridgehead atoms. The summed E-state index contributed by atoms with van der Waals surface area (Å²) in [6, 6.07) is 25.0. The molecule has 2 heterocycles. The average molecular weight is 825 g/mol. The lowest BCUT2D eigenvalue weighted by molar-refractivity contribution is 0.357. The van der Waals surface area contributed by atoms with Gasteiger partial charge in [-0.15, -0.1) is 4.13 Å². The van der Waals surface area contributed by atoms with E-state index in [1.54, 1.807) is 0 Å². The lowest BCUT2D eigenvalue weighted by Crippen LogP contribution is -2.34. The summed E-state index contributed by atoms with van der Waals surface area (Å²) >= 11 is 0. The molecule has 15 heteroatoms. The SMILES string of the molecule is O=S(=O)(CCCN=C1C=CC(=C(c2ccc(N3CCCCC3)cc2)c2ccc(N3CCCCC3)cc2)c2ccccc21)NS(=O)(=O)c1c(F)c(F)c(F)c(F)c1F. The number of nitrogens with one attached hydrogen (secondary N) is 1. The molecule has 0 saturated carbocycles. The average Bonchev–Trinajstić information content (AvgIpc) is 3.22.